The zero-order valence-corrected chi connectivity index (χ0v) is 15.4. The number of amides is 1. The normalized spacial score (nSPS) is 11.2. The molecule has 140 valence electrons. The maximum atomic E-state index is 13.2. The summed E-state index contributed by atoms with van der Waals surface area (Å²) in [6.07, 6.45) is -5.62. The second kappa shape index (κ2) is 7.96. The van der Waals surface area contributed by atoms with E-state index in [9.17, 15) is 23.2 Å². The second-order valence-corrected chi connectivity index (χ2v) is 6.16. The number of aryl methyl sites for hydroxylation is 1. The molecule has 26 heavy (non-hydrogen) atoms. The van der Waals surface area contributed by atoms with Gasteiger partial charge in [0.25, 0.3) is 0 Å². The van der Waals surface area contributed by atoms with Crippen LogP contribution in [0.25, 0.3) is 0 Å². The lowest BCUT2D eigenvalue weighted by Gasteiger charge is -2.20. The third kappa shape index (κ3) is 4.47. The summed E-state index contributed by atoms with van der Waals surface area (Å²) < 4.78 is 49.8. The molecule has 0 aliphatic rings. The summed E-state index contributed by atoms with van der Waals surface area (Å²) in [4.78, 5) is 11.5. The number of benzene rings is 2. The molecule has 2 aromatic carbocycles. The van der Waals surface area contributed by atoms with Gasteiger partial charge in [-0.15, -0.1) is 0 Å². The van der Waals surface area contributed by atoms with Gasteiger partial charge in [0.1, 0.15) is 12.4 Å². The molecule has 0 fully saturated rings. The Kier molecular flexibility index (Phi) is 6.14. The molecule has 0 saturated carbocycles. The quantitative estimate of drug-likeness (QED) is 0.523. The molecule has 0 heterocycles. The van der Waals surface area contributed by atoms with Crippen molar-refractivity contribution < 1.29 is 32.6 Å². The molecule has 2 aromatic rings. The number of halogens is 4. The van der Waals surface area contributed by atoms with Crippen molar-refractivity contribution in [2.24, 2.45) is 0 Å². The predicted octanol–water partition coefficient (Wildman–Crippen LogP) is 5.32. The zero-order chi connectivity index (χ0) is 19.5. The predicted molar refractivity (Wildman–Crippen MR) is 91.3 cm³/mol. The van der Waals surface area contributed by atoms with Crippen LogP contribution in [0.4, 0.5) is 23.7 Å². The van der Waals surface area contributed by atoms with Crippen LogP contribution in [0.2, 0.25) is 0 Å². The van der Waals surface area contributed by atoms with Gasteiger partial charge in [-0.05, 0) is 31.2 Å². The molecule has 0 aliphatic heterocycles. The van der Waals surface area contributed by atoms with Crippen LogP contribution in [0.5, 0.6) is 5.75 Å². The molecule has 0 unspecified atom stereocenters. The summed E-state index contributed by atoms with van der Waals surface area (Å²) in [5.41, 5.74) is -0.167. The van der Waals surface area contributed by atoms with Crippen LogP contribution >= 0.6 is 15.9 Å². The highest BCUT2D eigenvalue weighted by Gasteiger charge is 2.34. The van der Waals surface area contributed by atoms with E-state index < -0.39 is 17.8 Å². The molecule has 1 N–H and O–H groups in total. The van der Waals surface area contributed by atoms with Gasteiger partial charge in [-0.3, -0.25) is 5.21 Å². The highest BCUT2D eigenvalue weighted by molar-refractivity contribution is 9.10. The summed E-state index contributed by atoms with van der Waals surface area (Å²) in [7, 11) is 1.08. The maximum Gasteiger partial charge on any atom is 0.438 e. The van der Waals surface area contributed by atoms with Crippen LogP contribution in [0.1, 0.15) is 16.7 Å². The van der Waals surface area contributed by atoms with E-state index in [0.717, 1.165) is 13.2 Å². The third-order valence-corrected chi connectivity index (χ3v) is 4.23. The lowest BCUT2D eigenvalue weighted by Crippen LogP contribution is -2.28. The fraction of sp³-hybridized carbons (Fsp3) is 0.235. The van der Waals surface area contributed by atoms with E-state index in [1.165, 1.54) is 18.2 Å². The number of rotatable bonds is 4. The van der Waals surface area contributed by atoms with E-state index >= 15 is 0 Å². The van der Waals surface area contributed by atoms with Gasteiger partial charge in [0.15, 0.2) is 0 Å². The number of hydrogen-bond acceptors (Lipinski definition) is 4. The number of hydroxylamine groups is 1. The number of alkyl halides is 3. The molecule has 0 spiro atoms. The van der Waals surface area contributed by atoms with Gasteiger partial charge >= 0.3 is 12.3 Å². The van der Waals surface area contributed by atoms with Gasteiger partial charge in [-0.2, -0.15) is 18.2 Å². The van der Waals surface area contributed by atoms with Crippen molar-refractivity contribution in [3.8, 4) is 5.75 Å². The van der Waals surface area contributed by atoms with Crippen LogP contribution in [0, 0.1) is 6.92 Å². The molecule has 0 saturated heterocycles. The zero-order valence-electron chi connectivity index (χ0n) is 13.8. The Labute approximate surface area is 156 Å². The van der Waals surface area contributed by atoms with Crippen molar-refractivity contribution in [2.75, 3.05) is 12.2 Å². The van der Waals surface area contributed by atoms with Crippen LogP contribution in [-0.4, -0.2) is 18.4 Å². The minimum atomic E-state index is -4.58. The third-order valence-electron chi connectivity index (χ3n) is 3.48. The number of carbonyl (C=O) groups is 1. The van der Waals surface area contributed by atoms with Crippen molar-refractivity contribution >= 4 is 27.7 Å². The van der Waals surface area contributed by atoms with E-state index in [4.69, 9.17) is 4.74 Å². The lowest BCUT2D eigenvalue weighted by molar-refractivity contribution is -0.139. The number of hydrogen-bond donors (Lipinski definition) is 1. The Bertz CT molecular complexity index is 811. The van der Waals surface area contributed by atoms with Gasteiger partial charge in [0, 0.05) is 10.0 Å². The SMILES string of the molecule is COC(=O)N(O)c1cccc(Br)c1COc1ccc(C)cc1C(F)(F)F. The van der Waals surface area contributed by atoms with Crippen LogP contribution in [0.3, 0.4) is 0 Å². The second-order valence-electron chi connectivity index (χ2n) is 5.31. The smallest absolute Gasteiger partial charge is 0.438 e. The van der Waals surface area contributed by atoms with Crippen molar-refractivity contribution in [2.45, 2.75) is 19.7 Å². The standard InChI is InChI=1S/C17H15BrF3NO4/c1-10-6-7-15(12(8-10)17(19,20)21)26-9-11-13(18)4-3-5-14(11)22(24)16(23)25-2/h3-8,24H,9H2,1-2H3. The summed E-state index contributed by atoms with van der Waals surface area (Å²) in [5.74, 6) is -0.354. The molecule has 2 rings (SSSR count). The summed E-state index contributed by atoms with van der Waals surface area (Å²) in [5, 5.41) is 10.2. The first-order valence-electron chi connectivity index (χ1n) is 7.30. The van der Waals surface area contributed by atoms with E-state index in [2.05, 4.69) is 20.7 Å². The summed E-state index contributed by atoms with van der Waals surface area (Å²) in [6.45, 7) is 1.22. The molecule has 0 radical (unpaired) electrons. The largest absolute Gasteiger partial charge is 0.488 e. The Morgan fingerprint density at radius 1 is 1.27 bits per heavy atom. The molecule has 0 bridgehead atoms. The lowest BCUT2D eigenvalue weighted by atomic mass is 10.1. The van der Waals surface area contributed by atoms with Gasteiger partial charge < -0.3 is 9.47 Å². The molecule has 1 amide bonds. The monoisotopic (exact) mass is 433 g/mol. The van der Waals surface area contributed by atoms with Crippen LogP contribution < -0.4 is 9.80 Å². The molecular formula is C17H15BrF3NO4. The molecule has 0 aromatic heterocycles. The van der Waals surface area contributed by atoms with E-state index in [0.29, 0.717) is 10.0 Å². The average Bonchev–Trinajstić information content (AvgIpc) is 2.59. The average molecular weight is 434 g/mol. The first kappa shape index (κ1) is 20.1. The van der Waals surface area contributed by atoms with Gasteiger partial charge in [0.2, 0.25) is 0 Å². The Morgan fingerprint density at radius 3 is 2.58 bits per heavy atom. The van der Waals surface area contributed by atoms with Crippen molar-refractivity contribution in [3.05, 3.63) is 57.6 Å². The molecule has 5 nitrogen and oxygen atoms in total. The highest BCUT2D eigenvalue weighted by Crippen LogP contribution is 2.38. The minimum Gasteiger partial charge on any atom is -0.488 e. The van der Waals surface area contributed by atoms with E-state index in [-0.39, 0.29) is 28.7 Å². The van der Waals surface area contributed by atoms with Gasteiger partial charge in [0.05, 0.1) is 18.4 Å². The number of methoxy groups -OCH3 is 1. The molecule has 9 heteroatoms. The van der Waals surface area contributed by atoms with Crippen LogP contribution in [0.15, 0.2) is 40.9 Å². The Morgan fingerprint density at radius 2 is 1.96 bits per heavy atom. The Balaban J connectivity index is 2.35. The molecule has 0 atom stereocenters. The molecular weight excluding hydrogens is 419 g/mol. The van der Waals surface area contributed by atoms with Gasteiger partial charge in [-0.1, -0.05) is 33.6 Å². The number of anilines is 1. The number of carbonyl (C=O) groups excluding carboxylic acids is 1. The summed E-state index contributed by atoms with van der Waals surface area (Å²) in [6, 6.07) is 8.27. The van der Waals surface area contributed by atoms with Crippen molar-refractivity contribution in [1.29, 1.82) is 0 Å². The maximum absolute atomic E-state index is 13.2. The van der Waals surface area contributed by atoms with E-state index in [1.54, 1.807) is 19.1 Å². The van der Waals surface area contributed by atoms with E-state index in [1.807, 2.05) is 0 Å². The first-order valence-corrected chi connectivity index (χ1v) is 8.09. The topological polar surface area (TPSA) is 59.0 Å². The summed E-state index contributed by atoms with van der Waals surface area (Å²) >= 11 is 3.24. The van der Waals surface area contributed by atoms with Crippen LogP contribution in [-0.2, 0) is 17.5 Å². The first-order chi connectivity index (χ1) is 12.1. The fourth-order valence-electron chi connectivity index (χ4n) is 2.21. The van der Waals surface area contributed by atoms with Crippen molar-refractivity contribution in [3.63, 3.8) is 0 Å². The van der Waals surface area contributed by atoms with Gasteiger partial charge in [-0.25, -0.2) is 4.79 Å². The fourth-order valence-corrected chi connectivity index (χ4v) is 2.68. The highest BCUT2D eigenvalue weighted by atomic mass is 79.9. The van der Waals surface area contributed by atoms with Crippen molar-refractivity contribution in [1.82, 2.24) is 0 Å². The Hall–Kier alpha value is -2.26. The number of nitrogens with zero attached hydrogens (tertiary/aromatic N) is 1. The minimum absolute atomic E-state index is 0.0203. The molecule has 0 aliphatic carbocycles. The number of ether oxygens (including phenoxy) is 2.